The van der Waals surface area contributed by atoms with Gasteiger partial charge in [-0.3, -0.25) is 4.79 Å². The maximum Gasteiger partial charge on any atom is 0.248 e. The highest BCUT2D eigenvalue weighted by atomic mass is 16.1. The number of hydrogen-bond donors (Lipinski definition) is 1. The van der Waals surface area contributed by atoms with Crippen molar-refractivity contribution in [1.82, 2.24) is 4.90 Å². The highest BCUT2D eigenvalue weighted by molar-refractivity contribution is 6.01. The predicted octanol–water partition coefficient (Wildman–Crippen LogP) is 3.63. The van der Waals surface area contributed by atoms with Gasteiger partial charge in [-0.1, -0.05) is 35.9 Å². The molecule has 0 aromatic heterocycles. The number of hydrogen-bond acceptors (Lipinski definition) is 2. The monoisotopic (exact) mass is 306 g/mol. The maximum atomic E-state index is 12.0. The maximum absolute atomic E-state index is 12.0. The lowest BCUT2D eigenvalue weighted by molar-refractivity contribution is -0.111. The Kier molecular flexibility index (Phi) is 4.58. The van der Waals surface area contributed by atoms with E-state index in [0.717, 1.165) is 30.8 Å². The number of carbonyl (C=O) groups excluding carboxylic acids is 1. The van der Waals surface area contributed by atoms with Gasteiger partial charge in [-0.15, -0.1) is 0 Å². The minimum Gasteiger partial charge on any atom is -0.323 e. The molecule has 118 valence electrons. The number of amides is 1. The normalized spacial score (nSPS) is 14.7. The summed E-state index contributed by atoms with van der Waals surface area (Å²) in [5, 5.41) is 2.87. The van der Waals surface area contributed by atoms with E-state index in [9.17, 15) is 4.79 Å². The van der Waals surface area contributed by atoms with E-state index in [1.807, 2.05) is 37.3 Å². The summed E-state index contributed by atoms with van der Waals surface area (Å²) >= 11 is 0. The number of fused-ring (bicyclic) bond motifs is 1. The second-order valence-electron chi connectivity index (χ2n) is 6.20. The molecular weight excluding hydrogens is 284 g/mol. The summed E-state index contributed by atoms with van der Waals surface area (Å²) in [4.78, 5) is 14.3. The van der Waals surface area contributed by atoms with Gasteiger partial charge in [-0.2, -0.15) is 0 Å². The van der Waals surface area contributed by atoms with Gasteiger partial charge in [-0.25, -0.2) is 0 Å². The lowest BCUT2D eigenvalue weighted by Gasteiger charge is -2.25. The molecule has 23 heavy (non-hydrogen) atoms. The average Bonchev–Trinajstić information content (AvgIpc) is 2.54. The fourth-order valence-electron chi connectivity index (χ4n) is 2.81. The Morgan fingerprint density at radius 2 is 1.91 bits per heavy atom. The first kappa shape index (κ1) is 15.5. The van der Waals surface area contributed by atoms with Crippen LogP contribution in [-0.4, -0.2) is 24.4 Å². The molecule has 2 aromatic rings. The molecule has 3 nitrogen and oxygen atoms in total. The second kappa shape index (κ2) is 6.80. The third kappa shape index (κ3) is 4.08. The number of anilines is 1. The average molecular weight is 306 g/mol. The molecule has 0 saturated heterocycles. The van der Waals surface area contributed by atoms with Gasteiger partial charge in [-0.05, 0) is 55.3 Å². The number of nitrogens with one attached hydrogen (secondary N) is 1. The lowest BCUT2D eigenvalue weighted by atomic mass is 9.97. The zero-order valence-corrected chi connectivity index (χ0v) is 13.7. The van der Waals surface area contributed by atoms with Crippen LogP contribution in [0, 0.1) is 6.92 Å². The van der Waals surface area contributed by atoms with Crippen molar-refractivity contribution in [1.29, 1.82) is 0 Å². The molecule has 0 saturated carbocycles. The molecule has 1 aliphatic rings. The van der Waals surface area contributed by atoms with E-state index in [1.54, 1.807) is 6.08 Å². The largest absolute Gasteiger partial charge is 0.323 e. The van der Waals surface area contributed by atoms with Crippen molar-refractivity contribution in [2.24, 2.45) is 0 Å². The van der Waals surface area contributed by atoms with Crippen LogP contribution in [0.25, 0.3) is 6.08 Å². The van der Waals surface area contributed by atoms with Crippen molar-refractivity contribution in [3.63, 3.8) is 0 Å². The molecule has 1 amide bonds. The van der Waals surface area contributed by atoms with Gasteiger partial charge in [0.05, 0.1) is 0 Å². The highest BCUT2D eigenvalue weighted by Crippen LogP contribution is 2.20. The summed E-state index contributed by atoms with van der Waals surface area (Å²) in [5.41, 5.74) is 5.84. The summed E-state index contributed by atoms with van der Waals surface area (Å²) in [7, 11) is 2.14. The highest BCUT2D eigenvalue weighted by Gasteiger charge is 2.12. The van der Waals surface area contributed by atoms with Crippen LogP contribution in [0.4, 0.5) is 5.69 Å². The van der Waals surface area contributed by atoms with Crippen LogP contribution in [0.1, 0.15) is 22.3 Å². The zero-order valence-electron chi connectivity index (χ0n) is 13.7. The van der Waals surface area contributed by atoms with Crippen molar-refractivity contribution in [2.75, 3.05) is 18.9 Å². The first-order valence-electron chi connectivity index (χ1n) is 7.96. The molecule has 1 heterocycles. The van der Waals surface area contributed by atoms with E-state index in [1.165, 1.54) is 16.7 Å². The van der Waals surface area contributed by atoms with Crippen LogP contribution in [0.2, 0.25) is 0 Å². The zero-order chi connectivity index (χ0) is 16.2. The fourth-order valence-corrected chi connectivity index (χ4v) is 2.81. The minimum atomic E-state index is -0.108. The second-order valence-corrected chi connectivity index (χ2v) is 6.20. The lowest BCUT2D eigenvalue weighted by Crippen LogP contribution is -2.26. The minimum absolute atomic E-state index is 0.108. The third-order valence-corrected chi connectivity index (χ3v) is 4.18. The number of carbonyl (C=O) groups is 1. The number of rotatable bonds is 3. The van der Waals surface area contributed by atoms with Crippen LogP contribution in [-0.2, 0) is 17.8 Å². The Hall–Kier alpha value is -2.39. The molecule has 0 radical (unpaired) electrons. The molecule has 3 heteroatoms. The van der Waals surface area contributed by atoms with E-state index in [-0.39, 0.29) is 5.91 Å². The Bertz CT molecular complexity index is 732. The molecule has 0 aliphatic carbocycles. The van der Waals surface area contributed by atoms with E-state index in [4.69, 9.17) is 0 Å². The quantitative estimate of drug-likeness (QED) is 0.878. The van der Waals surface area contributed by atoms with Gasteiger partial charge in [0.1, 0.15) is 0 Å². The fraction of sp³-hybridized carbons (Fsp3) is 0.250. The van der Waals surface area contributed by atoms with E-state index in [2.05, 4.69) is 35.5 Å². The Morgan fingerprint density at radius 3 is 2.70 bits per heavy atom. The number of nitrogens with zero attached hydrogens (tertiary/aromatic N) is 1. The SMILES string of the molecule is Cc1ccc(NC(=O)/C=C/c2ccc3c(c2)CN(C)CC3)cc1. The van der Waals surface area contributed by atoms with E-state index >= 15 is 0 Å². The van der Waals surface area contributed by atoms with Crippen LogP contribution in [0.5, 0.6) is 0 Å². The van der Waals surface area contributed by atoms with Gasteiger partial charge in [0.25, 0.3) is 0 Å². The van der Waals surface area contributed by atoms with Crippen molar-refractivity contribution in [3.05, 3.63) is 70.8 Å². The van der Waals surface area contributed by atoms with Crippen LogP contribution in [0.15, 0.2) is 48.5 Å². The number of benzene rings is 2. The molecule has 0 fully saturated rings. The molecule has 2 aromatic carbocycles. The van der Waals surface area contributed by atoms with Crippen LogP contribution in [0.3, 0.4) is 0 Å². The van der Waals surface area contributed by atoms with E-state index < -0.39 is 0 Å². The van der Waals surface area contributed by atoms with Gasteiger partial charge in [0.15, 0.2) is 0 Å². The van der Waals surface area contributed by atoms with Gasteiger partial charge in [0, 0.05) is 24.9 Å². The van der Waals surface area contributed by atoms with Gasteiger partial charge >= 0.3 is 0 Å². The summed E-state index contributed by atoms with van der Waals surface area (Å²) in [5.74, 6) is -0.108. The summed E-state index contributed by atoms with van der Waals surface area (Å²) in [6, 6.07) is 14.2. The predicted molar refractivity (Wildman–Crippen MR) is 95.3 cm³/mol. The Labute approximate surface area is 137 Å². The topological polar surface area (TPSA) is 32.3 Å². The van der Waals surface area contributed by atoms with Crippen molar-refractivity contribution >= 4 is 17.7 Å². The molecule has 1 N–H and O–H groups in total. The summed E-state index contributed by atoms with van der Waals surface area (Å²) in [6.07, 6.45) is 4.57. The molecule has 0 spiro atoms. The van der Waals surface area contributed by atoms with Crippen LogP contribution < -0.4 is 5.32 Å². The molecule has 0 bridgehead atoms. The summed E-state index contributed by atoms with van der Waals surface area (Å²) in [6.45, 7) is 4.12. The molecule has 0 unspecified atom stereocenters. The van der Waals surface area contributed by atoms with Gasteiger partial charge < -0.3 is 10.2 Å². The standard InChI is InChI=1S/C20H22N2O/c1-15-3-8-19(9-4-15)21-20(23)10-6-16-5-7-17-11-12-22(2)14-18(17)13-16/h3-10,13H,11-12,14H2,1-2H3,(H,21,23)/b10-6+. The van der Waals surface area contributed by atoms with Crippen molar-refractivity contribution < 1.29 is 4.79 Å². The van der Waals surface area contributed by atoms with E-state index in [0.29, 0.717) is 0 Å². The molecule has 3 rings (SSSR count). The van der Waals surface area contributed by atoms with Crippen molar-refractivity contribution in [3.8, 4) is 0 Å². The molecule has 1 aliphatic heterocycles. The van der Waals surface area contributed by atoms with Crippen molar-refractivity contribution in [2.45, 2.75) is 19.9 Å². The number of aryl methyl sites for hydroxylation is 1. The van der Waals surface area contributed by atoms with Gasteiger partial charge in [0.2, 0.25) is 5.91 Å². The summed E-state index contributed by atoms with van der Waals surface area (Å²) < 4.78 is 0. The third-order valence-electron chi connectivity index (χ3n) is 4.18. The molecule has 0 atom stereocenters. The Balaban J connectivity index is 1.66. The molecular formula is C20H22N2O. The first-order valence-corrected chi connectivity index (χ1v) is 7.96. The number of likely N-dealkylation sites (N-methyl/N-ethyl adjacent to an activating group) is 1. The Morgan fingerprint density at radius 1 is 1.13 bits per heavy atom. The first-order chi connectivity index (χ1) is 11.1. The smallest absolute Gasteiger partial charge is 0.248 e. The van der Waals surface area contributed by atoms with Crippen LogP contribution >= 0.6 is 0 Å².